The maximum atomic E-state index is 12.7. The van der Waals surface area contributed by atoms with Crippen molar-refractivity contribution < 1.29 is 27.5 Å². The lowest BCUT2D eigenvalue weighted by Gasteiger charge is -2.22. The molecule has 4 rings (SSSR count). The Hall–Kier alpha value is -3.96. The molecular formula is C25H26N4O6S. The smallest absolute Gasteiger partial charge is 0.240 e. The first kappa shape index (κ1) is 25.1. The van der Waals surface area contributed by atoms with Crippen molar-refractivity contribution in [2.75, 3.05) is 20.2 Å². The minimum atomic E-state index is -3.80. The zero-order chi connectivity index (χ0) is 25.9. The van der Waals surface area contributed by atoms with E-state index in [2.05, 4.69) is 11.3 Å². The molecule has 3 N–H and O–H groups in total. The fourth-order valence-corrected chi connectivity index (χ4v) is 4.53. The number of benzene rings is 2. The topological polar surface area (TPSA) is 141 Å². The molecule has 0 aliphatic carbocycles. The fourth-order valence-electron chi connectivity index (χ4n) is 4.09. The number of pyridine rings is 1. The summed E-state index contributed by atoms with van der Waals surface area (Å²) < 4.78 is 37.0. The van der Waals surface area contributed by atoms with Crippen LogP contribution in [0.5, 0.6) is 11.5 Å². The maximum absolute atomic E-state index is 12.7. The second kappa shape index (κ2) is 10.3. The summed E-state index contributed by atoms with van der Waals surface area (Å²) >= 11 is 0. The number of hydrogen-bond acceptors (Lipinski definition) is 7. The number of carbonyl (C=O) groups is 2. The molecule has 1 aliphatic rings. The van der Waals surface area contributed by atoms with Gasteiger partial charge in [0.05, 0.1) is 31.4 Å². The predicted octanol–water partition coefficient (Wildman–Crippen LogP) is 1.81. The van der Waals surface area contributed by atoms with Crippen LogP contribution in [-0.2, 0) is 19.6 Å². The van der Waals surface area contributed by atoms with Gasteiger partial charge in [0.2, 0.25) is 21.8 Å². The van der Waals surface area contributed by atoms with E-state index in [0.717, 1.165) is 10.9 Å². The van der Waals surface area contributed by atoms with Crippen LogP contribution in [0.25, 0.3) is 22.2 Å². The summed E-state index contributed by atoms with van der Waals surface area (Å²) in [4.78, 5) is 30.8. The van der Waals surface area contributed by atoms with Gasteiger partial charge < -0.3 is 20.1 Å². The number of nitrogens with zero attached hydrogens (tertiary/aromatic N) is 2. The molecule has 0 saturated carbocycles. The Bertz CT molecular complexity index is 1410. The van der Waals surface area contributed by atoms with Crippen LogP contribution in [0.15, 0.2) is 66.6 Å². The number of methoxy groups -OCH3 is 1. The van der Waals surface area contributed by atoms with Crippen LogP contribution >= 0.6 is 0 Å². The van der Waals surface area contributed by atoms with Gasteiger partial charge in [0.1, 0.15) is 23.6 Å². The highest BCUT2D eigenvalue weighted by Gasteiger charge is 2.40. The number of amides is 2. The summed E-state index contributed by atoms with van der Waals surface area (Å²) in [6.45, 7) is 2.72. The van der Waals surface area contributed by atoms with Gasteiger partial charge in [-0.3, -0.25) is 9.59 Å². The molecule has 1 fully saturated rings. The van der Waals surface area contributed by atoms with Gasteiger partial charge >= 0.3 is 0 Å². The highest BCUT2D eigenvalue weighted by molar-refractivity contribution is 7.92. The highest BCUT2D eigenvalue weighted by atomic mass is 32.2. The predicted molar refractivity (Wildman–Crippen MR) is 135 cm³/mol. The number of rotatable bonds is 9. The average Bonchev–Trinajstić information content (AvgIpc) is 3.31. The zero-order valence-electron chi connectivity index (χ0n) is 19.6. The molecule has 0 bridgehead atoms. The maximum Gasteiger partial charge on any atom is 0.240 e. The van der Waals surface area contributed by atoms with Crippen molar-refractivity contribution in [3.05, 3.63) is 66.6 Å². The third kappa shape index (κ3) is 5.47. The summed E-state index contributed by atoms with van der Waals surface area (Å²) in [6.07, 6.45) is -0.394. The molecule has 2 amide bonds. The standard InChI is InChI=1S/C25H26N4O6S/c1-3-36(32,33)27-14-24(30)29-15-18(12-22(29)25(26)31)35-23-13-20(16-7-5-4-6-8-16)28-21-11-17(34-2)9-10-19(21)23/h3-11,13,18,22,27H,1,12,14-15H2,2H3,(H2,26,31). The number of ether oxygens (including phenoxy) is 2. The minimum absolute atomic E-state index is 0.0584. The number of nitrogens with one attached hydrogen (secondary N) is 1. The van der Waals surface area contributed by atoms with Crippen molar-refractivity contribution in [2.24, 2.45) is 5.73 Å². The number of aromatic nitrogens is 1. The Balaban J connectivity index is 1.63. The molecule has 10 nitrogen and oxygen atoms in total. The number of nitrogens with two attached hydrogens (primary N) is 1. The van der Waals surface area contributed by atoms with Crippen molar-refractivity contribution >= 4 is 32.7 Å². The van der Waals surface area contributed by atoms with Crippen molar-refractivity contribution in [1.82, 2.24) is 14.6 Å². The molecule has 2 aromatic carbocycles. The van der Waals surface area contributed by atoms with Crippen molar-refractivity contribution in [1.29, 1.82) is 0 Å². The Morgan fingerprint density at radius 1 is 1.22 bits per heavy atom. The Kier molecular flexibility index (Phi) is 7.22. The Labute approximate surface area is 208 Å². The zero-order valence-corrected chi connectivity index (χ0v) is 20.4. The van der Waals surface area contributed by atoms with E-state index in [1.807, 2.05) is 42.5 Å². The molecule has 36 heavy (non-hydrogen) atoms. The van der Waals surface area contributed by atoms with E-state index in [-0.39, 0.29) is 13.0 Å². The van der Waals surface area contributed by atoms with Gasteiger partial charge in [-0.15, -0.1) is 0 Å². The van der Waals surface area contributed by atoms with E-state index in [4.69, 9.17) is 20.2 Å². The van der Waals surface area contributed by atoms with Crippen LogP contribution in [0.3, 0.4) is 0 Å². The first-order valence-electron chi connectivity index (χ1n) is 11.1. The lowest BCUT2D eigenvalue weighted by Crippen LogP contribution is -2.47. The fraction of sp³-hybridized carbons (Fsp3) is 0.240. The lowest BCUT2D eigenvalue weighted by molar-refractivity contribution is -0.136. The Morgan fingerprint density at radius 3 is 2.64 bits per heavy atom. The van der Waals surface area contributed by atoms with Crippen molar-refractivity contribution in [2.45, 2.75) is 18.6 Å². The van der Waals surface area contributed by atoms with Gasteiger partial charge in [0.25, 0.3) is 0 Å². The van der Waals surface area contributed by atoms with Crippen LogP contribution in [-0.4, -0.2) is 62.5 Å². The third-order valence-corrected chi connectivity index (χ3v) is 6.88. The molecule has 2 heterocycles. The summed E-state index contributed by atoms with van der Waals surface area (Å²) in [5.41, 5.74) is 7.77. The molecule has 0 spiro atoms. The van der Waals surface area contributed by atoms with Crippen LogP contribution < -0.4 is 19.9 Å². The third-order valence-electron chi connectivity index (χ3n) is 5.90. The largest absolute Gasteiger partial charge is 0.497 e. The number of primary amides is 1. The van der Waals surface area contributed by atoms with Gasteiger partial charge in [-0.05, 0) is 12.1 Å². The quantitative estimate of drug-likeness (QED) is 0.447. The highest BCUT2D eigenvalue weighted by Crippen LogP contribution is 2.34. The SMILES string of the molecule is C=CS(=O)(=O)NCC(=O)N1CC(Oc2cc(-c3ccccc3)nc3cc(OC)ccc23)CC1C(N)=O. The first-order valence-corrected chi connectivity index (χ1v) is 12.7. The molecule has 3 aromatic rings. The number of sulfonamides is 1. The Morgan fingerprint density at radius 2 is 1.97 bits per heavy atom. The number of likely N-dealkylation sites (tertiary alicyclic amines) is 1. The van der Waals surface area contributed by atoms with Crippen LogP contribution in [0.2, 0.25) is 0 Å². The van der Waals surface area contributed by atoms with Crippen LogP contribution in [0.4, 0.5) is 0 Å². The second-order valence-electron chi connectivity index (χ2n) is 8.23. The molecule has 1 aromatic heterocycles. The van der Waals surface area contributed by atoms with Gasteiger partial charge in [0, 0.05) is 34.9 Å². The van der Waals surface area contributed by atoms with Crippen molar-refractivity contribution in [3.63, 3.8) is 0 Å². The average molecular weight is 511 g/mol. The summed E-state index contributed by atoms with van der Waals surface area (Å²) in [6, 6.07) is 15.9. The van der Waals surface area contributed by atoms with Gasteiger partial charge in [-0.2, -0.15) is 0 Å². The van der Waals surface area contributed by atoms with E-state index >= 15 is 0 Å². The number of hydrogen-bond donors (Lipinski definition) is 2. The molecule has 0 radical (unpaired) electrons. The lowest BCUT2D eigenvalue weighted by atomic mass is 10.1. The van der Waals surface area contributed by atoms with Gasteiger partial charge in [0.15, 0.2) is 0 Å². The van der Waals surface area contributed by atoms with E-state index in [1.54, 1.807) is 19.2 Å². The molecule has 1 saturated heterocycles. The van der Waals surface area contributed by atoms with Crippen LogP contribution in [0.1, 0.15) is 6.42 Å². The molecule has 2 unspecified atom stereocenters. The minimum Gasteiger partial charge on any atom is -0.497 e. The molecule has 11 heteroatoms. The van der Waals surface area contributed by atoms with Crippen LogP contribution in [0, 0.1) is 0 Å². The summed E-state index contributed by atoms with van der Waals surface area (Å²) in [7, 11) is -2.23. The number of carbonyl (C=O) groups excluding carboxylic acids is 2. The second-order valence-corrected chi connectivity index (χ2v) is 9.94. The van der Waals surface area contributed by atoms with E-state index < -0.39 is 40.5 Å². The van der Waals surface area contributed by atoms with E-state index in [1.165, 1.54) is 4.90 Å². The molecule has 1 aliphatic heterocycles. The van der Waals surface area contributed by atoms with E-state index in [0.29, 0.717) is 28.1 Å². The van der Waals surface area contributed by atoms with E-state index in [9.17, 15) is 18.0 Å². The summed E-state index contributed by atoms with van der Waals surface area (Å²) in [5, 5.41) is 1.44. The molecular weight excluding hydrogens is 484 g/mol. The van der Waals surface area contributed by atoms with Gasteiger partial charge in [-0.1, -0.05) is 36.9 Å². The monoisotopic (exact) mass is 510 g/mol. The molecule has 2 atom stereocenters. The molecule has 188 valence electrons. The number of fused-ring (bicyclic) bond motifs is 1. The first-order chi connectivity index (χ1) is 17.2. The van der Waals surface area contributed by atoms with Crippen molar-refractivity contribution in [3.8, 4) is 22.8 Å². The normalized spacial score (nSPS) is 17.6. The van der Waals surface area contributed by atoms with Gasteiger partial charge in [-0.25, -0.2) is 18.1 Å². The summed E-state index contributed by atoms with van der Waals surface area (Å²) in [5.74, 6) is -0.129.